The number of hydrogen-bond donors (Lipinski definition) is 0. The van der Waals surface area contributed by atoms with Gasteiger partial charge in [-0.2, -0.15) is 13.2 Å². The summed E-state index contributed by atoms with van der Waals surface area (Å²) in [6.45, 7) is 1.74. The van der Waals surface area contributed by atoms with Crippen molar-refractivity contribution in [2.45, 2.75) is 12.6 Å². The summed E-state index contributed by atoms with van der Waals surface area (Å²) in [5.74, 6) is 0. The van der Waals surface area contributed by atoms with Gasteiger partial charge in [-0.25, -0.2) is 0 Å². The average Bonchev–Trinajstić information content (AvgIpc) is 2.28. The van der Waals surface area contributed by atoms with Crippen LogP contribution in [0.3, 0.4) is 0 Å². The molecule has 17 heavy (non-hydrogen) atoms. The molecule has 0 N–H and O–H groups in total. The Balaban J connectivity index is 2.21. The predicted molar refractivity (Wildman–Crippen MR) is 59.3 cm³/mol. The molecule has 2 nitrogen and oxygen atoms in total. The first-order valence-electron chi connectivity index (χ1n) is 5.38. The van der Waals surface area contributed by atoms with Crippen molar-refractivity contribution in [1.82, 2.24) is 9.88 Å². The number of hydrogen-bond acceptors (Lipinski definition) is 2. The van der Waals surface area contributed by atoms with Crippen molar-refractivity contribution >= 4 is 5.57 Å². The standard InChI is InChI=1S/C12H13F3N2/c1-17-6-2-3-10(8-17)9-4-5-11(16-7-9)12(13,14)15/h3-5,7H,2,6,8H2,1H3. The first-order chi connectivity index (χ1) is 7.97. The molecular formula is C12H13F3N2. The summed E-state index contributed by atoms with van der Waals surface area (Å²) in [5.41, 5.74) is 0.968. The summed E-state index contributed by atoms with van der Waals surface area (Å²) in [6, 6.07) is 2.52. The molecule has 0 atom stereocenters. The van der Waals surface area contributed by atoms with E-state index < -0.39 is 11.9 Å². The molecule has 5 heteroatoms. The number of aromatic nitrogens is 1. The third kappa shape index (κ3) is 2.85. The molecule has 0 amide bonds. The van der Waals surface area contributed by atoms with Crippen LogP contribution >= 0.6 is 0 Å². The van der Waals surface area contributed by atoms with Crippen LogP contribution in [0.25, 0.3) is 5.57 Å². The van der Waals surface area contributed by atoms with Gasteiger partial charge in [-0.1, -0.05) is 12.1 Å². The van der Waals surface area contributed by atoms with E-state index in [4.69, 9.17) is 0 Å². The largest absolute Gasteiger partial charge is 0.433 e. The minimum Gasteiger partial charge on any atom is -0.302 e. The fraction of sp³-hybridized carbons (Fsp3) is 0.417. The van der Waals surface area contributed by atoms with Gasteiger partial charge in [0.2, 0.25) is 0 Å². The van der Waals surface area contributed by atoms with Crippen LogP contribution in [0, 0.1) is 0 Å². The molecule has 0 aliphatic carbocycles. The number of alkyl halides is 3. The van der Waals surface area contributed by atoms with Crippen molar-refractivity contribution in [2.24, 2.45) is 0 Å². The van der Waals surface area contributed by atoms with Gasteiger partial charge >= 0.3 is 6.18 Å². The lowest BCUT2D eigenvalue weighted by atomic mass is 10.0. The average molecular weight is 242 g/mol. The summed E-state index contributed by atoms with van der Waals surface area (Å²) in [4.78, 5) is 5.60. The molecular weight excluding hydrogens is 229 g/mol. The van der Waals surface area contributed by atoms with Crippen LogP contribution in [-0.2, 0) is 6.18 Å². The first-order valence-corrected chi connectivity index (χ1v) is 5.38. The molecule has 0 radical (unpaired) electrons. The van der Waals surface area contributed by atoms with E-state index in [1.165, 1.54) is 12.3 Å². The molecule has 0 saturated carbocycles. The lowest BCUT2D eigenvalue weighted by molar-refractivity contribution is -0.141. The highest BCUT2D eigenvalue weighted by molar-refractivity contribution is 5.67. The van der Waals surface area contributed by atoms with Crippen molar-refractivity contribution in [2.75, 3.05) is 20.1 Å². The van der Waals surface area contributed by atoms with E-state index in [0.717, 1.165) is 36.7 Å². The topological polar surface area (TPSA) is 16.1 Å². The fourth-order valence-corrected chi connectivity index (χ4v) is 1.85. The van der Waals surface area contributed by atoms with Gasteiger partial charge < -0.3 is 4.90 Å². The number of pyridine rings is 1. The highest BCUT2D eigenvalue weighted by Gasteiger charge is 2.32. The summed E-state index contributed by atoms with van der Waals surface area (Å²) >= 11 is 0. The lowest BCUT2D eigenvalue weighted by Crippen LogP contribution is -2.25. The van der Waals surface area contributed by atoms with Crippen molar-refractivity contribution in [3.63, 3.8) is 0 Å². The second-order valence-corrected chi connectivity index (χ2v) is 4.19. The van der Waals surface area contributed by atoms with Gasteiger partial charge in [-0.3, -0.25) is 4.98 Å². The molecule has 0 unspecified atom stereocenters. The van der Waals surface area contributed by atoms with E-state index in [2.05, 4.69) is 16.0 Å². The quantitative estimate of drug-likeness (QED) is 0.752. The zero-order valence-electron chi connectivity index (χ0n) is 9.46. The third-order valence-corrected chi connectivity index (χ3v) is 2.77. The van der Waals surface area contributed by atoms with Gasteiger partial charge in [0.05, 0.1) is 0 Å². The van der Waals surface area contributed by atoms with E-state index in [-0.39, 0.29) is 0 Å². The molecule has 92 valence electrons. The van der Waals surface area contributed by atoms with E-state index in [0.29, 0.717) is 0 Å². The maximum Gasteiger partial charge on any atom is 0.433 e. The van der Waals surface area contributed by atoms with Gasteiger partial charge in [-0.15, -0.1) is 0 Å². The monoisotopic (exact) mass is 242 g/mol. The van der Waals surface area contributed by atoms with Gasteiger partial charge in [-0.05, 0) is 30.7 Å². The molecule has 0 bridgehead atoms. The molecule has 0 aromatic carbocycles. The Morgan fingerprint density at radius 2 is 2.06 bits per heavy atom. The van der Waals surface area contributed by atoms with Crippen LogP contribution in [0.1, 0.15) is 17.7 Å². The molecule has 1 aromatic heterocycles. The SMILES string of the molecule is CN1CCC=C(c2ccc(C(F)(F)F)nc2)C1. The molecule has 1 aliphatic heterocycles. The molecule has 1 aliphatic rings. The molecule has 1 aromatic rings. The van der Waals surface area contributed by atoms with Gasteiger partial charge in [0.25, 0.3) is 0 Å². The van der Waals surface area contributed by atoms with Crippen LogP contribution in [0.15, 0.2) is 24.4 Å². The minimum absolute atomic E-state index is 0.757. The first kappa shape index (κ1) is 12.1. The Morgan fingerprint density at radius 3 is 2.59 bits per heavy atom. The van der Waals surface area contributed by atoms with E-state index in [1.54, 1.807) is 0 Å². The minimum atomic E-state index is -4.36. The maximum absolute atomic E-state index is 12.3. The molecule has 0 saturated heterocycles. The molecule has 2 rings (SSSR count). The Kier molecular flexibility index (Phi) is 3.19. The summed E-state index contributed by atoms with van der Waals surface area (Å²) in [6.07, 6.45) is -0.0821. The van der Waals surface area contributed by atoms with Crippen molar-refractivity contribution in [1.29, 1.82) is 0 Å². The highest BCUT2D eigenvalue weighted by Crippen LogP contribution is 2.28. The Labute approximate surface area is 97.8 Å². The van der Waals surface area contributed by atoms with Crippen LogP contribution in [0.2, 0.25) is 0 Å². The zero-order valence-corrected chi connectivity index (χ0v) is 9.46. The Bertz CT molecular complexity index is 420. The second-order valence-electron chi connectivity index (χ2n) is 4.19. The normalized spacial score (nSPS) is 18.0. The van der Waals surface area contributed by atoms with Gasteiger partial charge in [0, 0.05) is 19.3 Å². The van der Waals surface area contributed by atoms with Crippen molar-refractivity contribution in [3.05, 3.63) is 35.7 Å². The second kappa shape index (κ2) is 4.49. The van der Waals surface area contributed by atoms with Crippen LogP contribution in [0.5, 0.6) is 0 Å². The summed E-state index contributed by atoms with van der Waals surface area (Å²) in [7, 11) is 1.99. The Hall–Kier alpha value is -1.36. The van der Waals surface area contributed by atoms with Crippen LogP contribution < -0.4 is 0 Å². The van der Waals surface area contributed by atoms with E-state index in [1.807, 2.05) is 7.05 Å². The zero-order chi connectivity index (χ0) is 12.5. The molecule has 2 heterocycles. The number of nitrogens with zero attached hydrogens (tertiary/aromatic N) is 2. The van der Waals surface area contributed by atoms with Crippen molar-refractivity contribution in [3.8, 4) is 0 Å². The Morgan fingerprint density at radius 1 is 1.29 bits per heavy atom. The maximum atomic E-state index is 12.3. The van der Waals surface area contributed by atoms with Gasteiger partial charge in [0.1, 0.15) is 5.69 Å². The number of halogens is 3. The number of rotatable bonds is 1. The molecule has 0 fully saturated rings. The third-order valence-electron chi connectivity index (χ3n) is 2.77. The van der Waals surface area contributed by atoms with Crippen LogP contribution in [-0.4, -0.2) is 30.0 Å². The number of likely N-dealkylation sites (N-methyl/N-ethyl adjacent to an activating group) is 1. The smallest absolute Gasteiger partial charge is 0.302 e. The highest BCUT2D eigenvalue weighted by atomic mass is 19.4. The fourth-order valence-electron chi connectivity index (χ4n) is 1.85. The predicted octanol–water partition coefficient (Wildman–Crippen LogP) is 2.82. The van der Waals surface area contributed by atoms with Crippen molar-refractivity contribution < 1.29 is 13.2 Å². The van der Waals surface area contributed by atoms with Gasteiger partial charge in [0.15, 0.2) is 0 Å². The molecule has 0 spiro atoms. The summed E-state index contributed by atoms with van der Waals surface area (Å²) < 4.78 is 37.0. The van der Waals surface area contributed by atoms with E-state index >= 15 is 0 Å². The van der Waals surface area contributed by atoms with E-state index in [9.17, 15) is 13.2 Å². The lowest BCUT2D eigenvalue weighted by Gasteiger charge is -2.23. The summed E-state index contributed by atoms with van der Waals surface area (Å²) in [5, 5.41) is 0. The van der Waals surface area contributed by atoms with Crippen LogP contribution in [0.4, 0.5) is 13.2 Å².